The van der Waals surface area contributed by atoms with Crippen molar-refractivity contribution >= 4 is 16.0 Å². The van der Waals surface area contributed by atoms with Crippen LogP contribution in [0.15, 0.2) is 41.6 Å². The summed E-state index contributed by atoms with van der Waals surface area (Å²) in [7, 11) is -2.31. The van der Waals surface area contributed by atoms with Gasteiger partial charge in [-0.3, -0.25) is 9.48 Å². The highest BCUT2D eigenvalue weighted by Gasteiger charge is 2.26. The standard InChI is InChI=1S/C14H17N3O4S/c1-10-8-15-17(2)13(10)22(20,21)16-9-12(14(18)19)11-6-4-3-5-7-11/h3-8,12,16H,9H2,1-2H3,(H,18,19). The predicted molar refractivity (Wildman–Crippen MR) is 80.0 cm³/mol. The van der Waals surface area contributed by atoms with Gasteiger partial charge in [-0.15, -0.1) is 0 Å². The molecule has 0 fully saturated rings. The van der Waals surface area contributed by atoms with Crippen molar-refractivity contribution in [3.05, 3.63) is 47.7 Å². The van der Waals surface area contributed by atoms with Gasteiger partial charge in [0.1, 0.15) is 0 Å². The SMILES string of the molecule is Cc1cnn(C)c1S(=O)(=O)NCC(C(=O)O)c1ccccc1. The van der Waals surface area contributed by atoms with Gasteiger partial charge in [0, 0.05) is 19.2 Å². The fourth-order valence-electron chi connectivity index (χ4n) is 2.22. The van der Waals surface area contributed by atoms with E-state index in [-0.39, 0.29) is 11.6 Å². The number of aromatic nitrogens is 2. The van der Waals surface area contributed by atoms with Gasteiger partial charge in [-0.1, -0.05) is 30.3 Å². The van der Waals surface area contributed by atoms with E-state index in [2.05, 4.69) is 9.82 Å². The number of benzene rings is 1. The third-order valence-electron chi connectivity index (χ3n) is 3.29. The second kappa shape index (κ2) is 6.29. The second-order valence-electron chi connectivity index (χ2n) is 4.91. The largest absolute Gasteiger partial charge is 0.481 e. The van der Waals surface area contributed by atoms with E-state index in [9.17, 15) is 18.3 Å². The van der Waals surface area contributed by atoms with Crippen molar-refractivity contribution in [2.75, 3.05) is 6.54 Å². The molecular weight excluding hydrogens is 306 g/mol. The number of aliphatic carboxylic acids is 1. The van der Waals surface area contributed by atoms with Crippen LogP contribution in [0.1, 0.15) is 17.0 Å². The zero-order chi connectivity index (χ0) is 16.3. The molecule has 1 aromatic carbocycles. The van der Waals surface area contributed by atoms with Gasteiger partial charge >= 0.3 is 5.97 Å². The number of nitrogens with zero attached hydrogens (tertiary/aromatic N) is 2. The average Bonchev–Trinajstić information content (AvgIpc) is 2.79. The Morgan fingerprint density at radius 2 is 2.00 bits per heavy atom. The molecular formula is C14H17N3O4S. The lowest BCUT2D eigenvalue weighted by molar-refractivity contribution is -0.138. The third kappa shape index (κ3) is 3.34. The molecule has 0 radical (unpaired) electrons. The maximum atomic E-state index is 12.3. The van der Waals surface area contributed by atoms with E-state index in [4.69, 9.17) is 0 Å². The highest BCUT2D eigenvalue weighted by Crippen LogP contribution is 2.17. The summed E-state index contributed by atoms with van der Waals surface area (Å²) in [6, 6.07) is 8.51. The van der Waals surface area contributed by atoms with Crippen LogP contribution >= 0.6 is 0 Å². The van der Waals surface area contributed by atoms with E-state index in [1.54, 1.807) is 37.3 Å². The van der Waals surface area contributed by atoms with Crippen molar-refractivity contribution < 1.29 is 18.3 Å². The topological polar surface area (TPSA) is 101 Å². The Balaban J connectivity index is 2.22. The van der Waals surface area contributed by atoms with Crippen LogP contribution in [-0.4, -0.2) is 35.8 Å². The van der Waals surface area contributed by atoms with Crippen molar-refractivity contribution in [1.82, 2.24) is 14.5 Å². The van der Waals surface area contributed by atoms with Crippen LogP contribution in [0.2, 0.25) is 0 Å². The van der Waals surface area contributed by atoms with Crippen LogP contribution in [0.25, 0.3) is 0 Å². The van der Waals surface area contributed by atoms with Gasteiger partial charge in [0.25, 0.3) is 10.0 Å². The van der Waals surface area contributed by atoms with E-state index >= 15 is 0 Å². The van der Waals surface area contributed by atoms with Crippen LogP contribution in [0.4, 0.5) is 0 Å². The Kier molecular flexibility index (Phi) is 4.62. The van der Waals surface area contributed by atoms with E-state index in [0.29, 0.717) is 11.1 Å². The van der Waals surface area contributed by atoms with Gasteiger partial charge in [-0.2, -0.15) is 5.10 Å². The van der Waals surface area contributed by atoms with E-state index in [1.807, 2.05) is 0 Å². The summed E-state index contributed by atoms with van der Waals surface area (Å²) in [4.78, 5) is 11.4. The smallest absolute Gasteiger partial charge is 0.312 e. The van der Waals surface area contributed by atoms with Gasteiger partial charge in [-0.05, 0) is 12.5 Å². The summed E-state index contributed by atoms with van der Waals surface area (Å²) < 4.78 is 28.3. The predicted octanol–water partition coefficient (Wildman–Crippen LogP) is 0.875. The molecule has 1 unspecified atom stereocenters. The molecule has 1 aromatic heterocycles. The first-order valence-electron chi connectivity index (χ1n) is 6.59. The van der Waals surface area contributed by atoms with Crippen LogP contribution in [0.3, 0.4) is 0 Å². The Bertz CT molecular complexity index is 749. The number of hydrogen-bond donors (Lipinski definition) is 2. The number of carboxylic acids is 1. The van der Waals surface area contributed by atoms with Crippen molar-refractivity contribution in [2.45, 2.75) is 17.9 Å². The quantitative estimate of drug-likeness (QED) is 0.821. The molecule has 8 heteroatoms. The summed E-state index contributed by atoms with van der Waals surface area (Å²) in [5.74, 6) is -2.04. The molecule has 1 heterocycles. The minimum atomic E-state index is -3.83. The zero-order valence-electron chi connectivity index (χ0n) is 12.2. The van der Waals surface area contributed by atoms with E-state index in [0.717, 1.165) is 0 Å². The molecule has 7 nitrogen and oxygen atoms in total. The Labute approximate surface area is 128 Å². The van der Waals surface area contributed by atoms with Crippen molar-refractivity contribution in [3.63, 3.8) is 0 Å². The lowest BCUT2D eigenvalue weighted by Crippen LogP contribution is -2.33. The van der Waals surface area contributed by atoms with Gasteiger partial charge < -0.3 is 5.11 Å². The monoisotopic (exact) mass is 323 g/mol. The number of nitrogens with one attached hydrogen (secondary N) is 1. The van der Waals surface area contributed by atoms with Gasteiger partial charge in [0.05, 0.1) is 12.1 Å². The molecule has 118 valence electrons. The molecule has 2 N–H and O–H groups in total. The van der Waals surface area contributed by atoms with Crippen molar-refractivity contribution in [1.29, 1.82) is 0 Å². The average molecular weight is 323 g/mol. The number of aryl methyl sites for hydroxylation is 2. The molecule has 2 aromatic rings. The number of sulfonamides is 1. The van der Waals surface area contributed by atoms with E-state index < -0.39 is 21.9 Å². The van der Waals surface area contributed by atoms with Crippen LogP contribution in [-0.2, 0) is 21.9 Å². The zero-order valence-corrected chi connectivity index (χ0v) is 13.0. The van der Waals surface area contributed by atoms with Crippen molar-refractivity contribution in [2.24, 2.45) is 7.05 Å². The van der Waals surface area contributed by atoms with Crippen LogP contribution in [0.5, 0.6) is 0 Å². The number of hydrogen-bond acceptors (Lipinski definition) is 4. The molecule has 0 aliphatic heterocycles. The molecule has 0 aliphatic carbocycles. The minimum Gasteiger partial charge on any atom is -0.481 e. The molecule has 0 amide bonds. The molecule has 0 spiro atoms. The first-order chi connectivity index (χ1) is 10.3. The third-order valence-corrected chi connectivity index (χ3v) is 4.93. The summed E-state index contributed by atoms with van der Waals surface area (Å²) in [6.45, 7) is 1.40. The molecule has 0 saturated heterocycles. The Morgan fingerprint density at radius 1 is 1.36 bits per heavy atom. The van der Waals surface area contributed by atoms with Crippen LogP contribution in [0, 0.1) is 6.92 Å². The highest BCUT2D eigenvalue weighted by atomic mass is 32.2. The summed E-state index contributed by atoms with van der Waals surface area (Å²) in [6.07, 6.45) is 1.44. The Hall–Kier alpha value is -2.19. The van der Waals surface area contributed by atoms with Crippen LogP contribution < -0.4 is 4.72 Å². The lowest BCUT2D eigenvalue weighted by Gasteiger charge is -2.14. The van der Waals surface area contributed by atoms with E-state index in [1.165, 1.54) is 17.9 Å². The molecule has 2 rings (SSSR count). The van der Waals surface area contributed by atoms with Gasteiger partial charge in [-0.25, -0.2) is 13.1 Å². The summed E-state index contributed by atoms with van der Waals surface area (Å²) in [5, 5.41) is 13.2. The molecule has 0 bridgehead atoms. The fraction of sp³-hybridized carbons (Fsp3) is 0.286. The summed E-state index contributed by atoms with van der Waals surface area (Å²) >= 11 is 0. The van der Waals surface area contributed by atoms with Crippen molar-refractivity contribution in [3.8, 4) is 0 Å². The normalized spacial score (nSPS) is 13.0. The first-order valence-corrected chi connectivity index (χ1v) is 8.07. The lowest BCUT2D eigenvalue weighted by atomic mass is 10.00. The maximum Gasteiger partial charge on any atom is 0.312 e. The van der Waals surface area contributed by atoms with Gasteiger partial charge in [0.15, 0.2) is 5.03 Å². The van der Waals surface area contributed by atoms with Gasteiger partial charge in [0.2, 0.25) is 0 Å². The second-order valence-corrected chi connectivity index (χ2v) is 6.59. The minimum absolute atomic E-state index is 0.0321. The maximum absolute atomic E-state index is 12.3. The number of carbonyl (C=O) groups is 1. The molecule has 22 heavy (non-hydrogen) atoms. The fourth-order valence-corrected chi connectivity index (χ4v) is 3.61. The summed E-state index contributed by atoms with van der Waals surface area (Å²) in [5.41, 5.74) is 1.04. The first kappa shape index (κ1) is 16.2. The number of carboxylic acid groups (broad SMARTS) is 1. The Morgan fingerprint density at radius 3 is 2.50 bits per heavy atom. The number of rotatable bonds is 6. The molecule has 0 aliphatic rings. The highest BCUT2D eigenvalue weighted by molar-refractivity contribution is 7.89. The molecule has 0 saturated carbocycles. The molecule has 1 atom stereocenters.